The molecule has 3 heterocycles. The van der Waals surface area contributed by atoms with Crippen LogP contribution in [-0.2, 0) is 0 Å². The molecule has 20 heavy (non-hydrogen) atoms. The summed E-state index contributed by atoms with van der Waals surface area (Å²) in [6, 6.07) is -0.254. The number of anilines is 1. The van der Waals surface area contributed by atoms with Gasteiger partial charge in [-0.15, -0.1) is 11.8 Å². The number of imidazole rings is 1. The molecular formula is C10H12N8OS. The predicted octanol–water partition coefficient (Wildman–Crippen LogP) is 1.08. The normalized spacial score (nSPS) is 25.8. The van der Waals surface area contributed by atoms with E-state index in [1.54, 1.807) is 18.1 Å². The van der Waals surface area contributed by atoms with Crippen molar-refractivity contribution in [3.8, 4) is 0 Å². The molecule has 1 unspecified atom stereocenters. The Morgan fingerprint density at radius 1 is 1.55 bits per heavy atom. The molecule has 10 heteroatoms. The molecule has 2 aromatic heterocycles. The van der Waals surface area contributed by atoms with Crippen molar-refractivity contribution in [1.82, 2.24) is 19.5 Å². The molecule has 9 nitrogen and oxygen atoms in total. The first kappa shape index (κ1) is 13.0. The van der Waals surface area contributed by atoms with E-state index in [2.05, 4.69) is 25.0 Å². The van der Waals surface area contributed by atoms with Crippen LogP contribution >= 0.6 is 11.8 Å². The third-order valence-electron chi connectivity index (χ3n) is 3.23. The fourth-order valence-corrected chi connectivity index (χ4v) is 3.75. The Morgan fingerprint density at radius 2 is 2.40 bits per heavy atom. The van der Waals surface area contributed by atoms with Gasteiger partial charge >= 0.3 is 0 Å². The van der Waals surface area contributed by atoms with Crippen LogP contribution in [0.15, 0.2) is 17.8 Å². The Balaban J connectivity index is 2.05. The lowest BCUT2D eigenvalue weighted by molar-refractivity contribution is 0.289. The van der Waals surface area contributed by atoms with E-state index >= 15 is 0 Å². The molecule has 2 aromatic rings. The molecule has 104 valence electrons. The van der Waals surface area contributed by atoms with E-state index in [4.69, 9.17) is 11.3 Å². The standard InChI is InChI=1S/C10H12N8OS/c11-8-7-9(14-3-13-8)18(4-15-7)10-6(16-17-12)1-5(2-19)20-10/h3-6,10,19H,1-2H2,(H2,11,13,14)/t5-,6?,10+/m0/s1. The summed E-state index contributed by atoms with van der Waals surface area (Å²) in [5.74, 6) is 0.316. The number of hydrogen-bond donors (Lipinski definition) is 2. The minimum Gasteiger partial charge on any atom is -0.395 e. The van der Waals surface area contributed by atoms with Crippen molar-refractivity contribution >= 4 is 28.7 Å². The Kier molecular flexibility index (Phi) is 3.35. The lowest BCUT2D eigenvalue weighted by Crippen LogP contribution is -2.14. The highest BCUT2D eigenvalue weighted by Crippen LogP contribution is 2.44. The van der Waals surface area contributed by atoms with E-state index in [9.17, 15) is 5.11 Å². The highest BCUT2D eigenvalue weighted by Gasteiger charge is 2.36. The average molecular weight is 292 g/mol. The molecule has 3 rings (SSSR count). The summed E-state index contributed by atoms with van der Waals surface area (Å²) in [5.41, 5.74) is 15.6. The first-order valence-corrected chi connectivity index (χ1v) is 6.92. The van der Waals surface area contributed by atoms with Gasteiger partial charge in [0, 0.05) is 10.2 Å². The van der Waals surface area contributed by atoms with Crippen LogP contribution in [-0.4, -0.2) is 42.5 Å². The lowest BCUT2D eigenvalue weighted by Gasteiger charge is -2.16. The summed E-state index contributed by atoms with van der Waals surface area (Å²) in [5, 5.41) is 13.0. The number of nitrogen functional groups attached to an aromatic ring is 1. The Morgan fingerprint density at radius 3 is 3.15 bits per heavy atom. The number of azide groups is 1. The third kappa shape index (κ3) is 2.03. The fourth-order valence-electron chi connectivity index (χ4n) is 2.32. The molecule has 0 aliphatic carbocycles. The lowest BCUT2D eigenvalue weighted by atomic mass is 10.2. The second-order valence-electron chi connectivity index (χ2n) is 4.42. The first-order valence-electron chi connectivity index (χ1n) is 5.98. The van der Waals surface area contributed by atoms with Crippen molar-refractivity contribution in [2.75, 3.05) is 12.3 Å². The van der Waals surface area contributed by atoms with E-state index in [1.165, 1.54) is 6.33 Å². The van der Waals surface area contributed by atoms with Crippen molar-refractivity contribution in [3.63, 3.8) is 0 Å². The second-order valence-corrected chi connectivity index (χ2v) is 5.84. The van der Waals surface area contributed by atoms with Gasteiger partial charge in [0.2, 0.25) is 0 Å². The highest BCUT2D eigenvalue weighted by atomic mass is 32.2. The monoisotopic (exact) mass is 292 g/mol. The number of aromatic nitrogens is 4. The Bertz CT molecular complexity index is 681. The topological polar surface area (TPSA) is 139 Å². The van der Waals surface area contributed by atoms with Crippen LogP contribution in [0.2, 0.25) is 0 Å². The molecule has 3 atom stereocenters. The highest BCUT2D eigenvalue weighted by molar-refractivity contribution is 8.00. The van der Waals surface area contributed by atoms with Gasteiger partial charge in [0.1, 0.15) is 11.8 Å². The number of nitrogens with two attached hydrogens (primary N) is 1. The maximum absolute atomic E-state index is 9.30. The van der Waals surface area contributed by atoms with Crippen molar-refractivity contribution in [1.29, 1.82) is 0 Å². The number of aliphatic hydroxyl groups is 1. The predicted molar refractivity (Wildman–Crippen MR) is 74.8 cm³/mol. The molecule has 3 N–H and O–H groups in total. The van der Waals surface area contributed by atoms with Gasteiger partial charge in [0.15, 0.2) is 11.5 Å². The van der Waals surface area contributed by atoms with Crippen molar-refractivity contribution < 1.29 is 5.11 Å². The van der Waals surface area contributed by atoms with Crippen LogP contribution in [0.25, 0.3) is 21.6 Å². The van der Waals surface area contributed by atoms with Crippen LogP contribution < -0.4 is 5.73 Å². The molecular weight excluding hydrogens is 280 g/mol. The molecule has 0 saturated carbocycles. The van der Waals surface area contributed by atoms with Gasteiger partial charge in [-0.2, -0.15) is 0 Å². The van der Waals surface area contributed by atoms with Gasteiger partial charge in [-0.1, -0.05) is 5.11 Å². The molecule has 0 radical (unpaired) electrons. The summed E-state index contributed by atoms with van der Waals surface area (Å²) in [6.07, 6.45) is 3.62. The smallest absolute Gasteiger partial charge is 0.166 e. The van der Waals surface area contributed by atoms with E-state index in [1.807, 2.05) is 4.57 Å². The number of aliphatic hydroxyl groups excluding tert-OH is 1. The van der Waals surface area contributed by atoms with Gasteiger partial charge < -0.3 is 15.4 Å². The number of hydrogen-bond acceptors (Lipinski definition) is 7. The van der Waals surface area contributed by atoms with Gasteiger partial charge in [-0.3, -0.25) is 0 Å². The SMILES string of the molecule is [N-]=[N+]=NC1C[C@@H](CO)S[C@H]1n1cnc2c(N)ncnc21. The van der Waals surface area contributed by atoms with Crippen molar-refractivity contribution in [3.05, 3.63) is 23.1 Å². The average Bonchev–Trinajstić information content (AvgIpc) is 3.03. The Hall–Kier alpha value is -2.03. The summed E-state index contributed by atoms with van der Waals surface area (Å²) < 4.78 is 1.83. The van der Waals surface area contributed by atoms with Gasteiger partial charge in [0.05, 0.1) is 24.3 Å². The summed E-state index contributed by atoms with van der Waals surface area (Å²) in [7, 11) is 0. The fraction of sp³-hybridized carbons (Fsp3) is 0.500. The van der Waals surface area contributed by atoms with E-state index < -0.39 is 0 Å². The van der Waals surface area contributed by atoms with Crippen LogP contribution in [0.1, 0.15) is 11.8 Å². The van der Waals surface area contributed by atoms with Crippen LogP contribution in [0.5, 0.6) is 0 Å². The zero-order chi connectivity index (χ0) is 14.1. The molecule has 1 aliphatic rings. The summed E-state index contributed by atoms with van der Waals surface area (Å²) in [4.78, 5) is 15.2. The number of nitrogens with zero attached hydrogens (tertiary/aromatic N) is 7. The third-order valence-corrected chi connectivity index (χ3v) is 4.78. The molecule has 0 amide bonds. The molecule has 0 aromatic carbocycles. The van der Waals surface area contributed by atoms with Gasteiger partial charge in [-0.25, -0.2) is 15.0 Å². The second kappa shape index (κ2) is 5.16. The van der Waals surface area contributed by atoms with E-state index in [0.29, 0.717) is 23.4 Å². The summed E-state index contributed by atoms with van der Waals surface area (Å²) in [6.45, 7) is 0.0440. The molecule has 1 saturated heterocycles. The summed E-state index contributed by atoms with van der Waals surface area (Å²) >= 11 is 1.54. The zero-order valence-electron chi connectivity index (χ0n) is 10.4. The van der Waals surface area contributed by atoms with Crippen LogP contribution in [0.3, 0.4) is 0 Å². The van der Waals surface area contributed by atoms with Gasteiger partial charge in [-0.05, 0) is 12.0 Å². The number of fused-ring (bicyclic) bond motifs is 1. The van der Waals surface area contributed by atoms with Gasteiger partial charge in [0.25, 0.3) is 0 Å². The molecule has 1 aliphatic heterocycles. The molecule has 1 fully saturated rings. The maximum Gasteiger partial charge on any atom is 0.166 e. The van der Waals surface area contributed by atoms with Crippen molar-refractivity contribution in [2.45, 2.75) is 23.1 Å². The van der Waals surface area contributed by atoms with Crippen LogP contribution in [0, 0.1) is 0 Å². The zero-order valence-corrected chi connectivity index (χ0v) is 11.2. The Labute approximate surface area is 117 Å². The molecule has 0 bridgehead atoms. The maximum atomic E-state index is 9.30. The first-order chi connectivity index (χ1) is 9.74. The van der Waals surface area contributed by atoms with Crippen LogP contribution in [0.4, 0.5) is 5.82 Å². The largest absolute Gasteiger partial charge is 0.395 e. The number of rotatable bonds is 3. The molecule has 0 spiro atoms. The minimum absolute atomic E-state index is 0.0344. The quantitative estimate of drug-likeness (QED) is 0.493. The number of thioether (sulfide) groups is 1. The van der Waals surface area contributed by atoms with Crippen molar-refractivity contribution in [2.24, 2.45) is 5.11 Å². The van der Waals surface area contributed by atoms with E-state index in [-0.39, 0.29) is 23.3 Å². The minimum atomic E-state index is -0.254. The van der Waals surface area contributed by atoms with E-state index in [0.717, 1.165) is 0 Å².